The van der Waals surface area contributed by atoms with Gasteiger partial charge in [0.15, 0.2) is 0 Å². The summed E-state index contributed by atoms with van der Waals surface area (Å²) in [5, 5.41) is 8.54. The molecule has 15 heavy (non-hydrogen) atoms. The van der Waals surface area contributed by atoms with Crippen LogP contribution in [0.2, 0.25) is 0 Å². The molecule has 0 aliphatic carbocycles. The van der Waals surface area contributed by atoms with Crippen LogP contribution in [0.4, 0.5) is 0 Å². The maximum atomic E-state index is 8.54. The molecule has 0 spiro atoms. The standard InChI is InChI=1S/C13H17NO/c1-2-3-11-15-13-9-5-4-7-12(13)8-6-10-14/h4-5,7,9H,2-3,6,8,11H2,1H3. The van der Waals surface area contributed by atoms with Crippen LogP contribution in [0.25, 0.3) is 0 Å². The first-order chi connectivity index (χ1) is 7.38. The van der Waals surface area contributed by atoms with Gasteiger partial charge in [0.25, 0.3) is 0 Å². The summed E-state index contributed by atoms with van der Waals surface area (Å²) in [7, 11) is 0. The molecule has 0 saturated carbocycles. The van der Waals surface area contributed by atoms with Crippen molar-refractivity contribution in [1.82, 2.24) is 0 Å². The SMILES string of the molecule is CCCCOc1ccccc1CCC#N. The average molecular weight is 203 g/mol. The fraction of sp³-hybridized carbons (Fsp3) is 0.462. The molecule has 1 aromatic carbocycles. The minimum atomic E-state index is 0.550. The minimum absolute atomic E-state index is 0.550. The van der Waals surface area contributed by atoms with Gasteiger partial charge in [0.2, 0.25) is 0 Å². The van der Waals surface area contributed by atoms with E-state index in [1.54, 1.807) is 0 Å². The number of hydrogen-bond acceptors (Lipinski definition) is 2. The van der Waals surface area contributed by atoms with Gasteiger partial charge in [-0.3, -0.25) is 0 Å². The Morgan fingerprint density at radius 3 is 2.87 bits per heavy atom. The van der Waals surface area contributed by atoms with Gasteiger partial charge in [0.05, 0.1) is 12.7 Å². The Morgan fingerprint density at radius 2 is 2.13 bits per heavy atom. The van der Waals surface area contributed by atoms with Crippen molar-refractivity contribution in [3.63, 3.8) is 0 Å². The van der Waals surface area contributed by atoms with Gasteiger partial charge in [-0.15, -0.1) is 0 Å². The number of unbranched alkanes of at least 4 members (excludes halogenated alkanes) is 1. The summed E-state index contributed by atoms with van der Waals surface area (Å²) in [6.45, 7) is 2.91. The molecule has 1 rings (SSSR count). The van der Waals surface area contributed by atoms with E-state index in [0.717, 1.165) is 37.2 Å². The highest BCUT2D eigenvalue weighted by Gasteiger charge is 2.01. The number of hydrogen-bond donors (Lipinski definition) is 0. The zero-order chi connectivity index (χ0) is 10.9. The molecule has 0 radical (unpaired) electrons. The summed E-state index contributed by atoms with van der Waals surface area (Å²) in [4.78, 5) is 0. The molecule has 80 valence electrons. The zero-order valence-electron chi connectivity index (χ0n) is 9.20. The molecule has 0 N–H and O–H groups in total. The van der Waals surface area contributed by atoms with Crippen LogP contribution >= 0.6 is 0 Å². The van der Waals surface area contributed by atoms with Crippen LogP contribution in [0, 0.1) is 11.3 Å². The summed E-state index contributed by atoms with van der Waals surface area (Å²) in [6, 6.07) is 10.1. The number of rotatable bonds is 6. The number of aryl methyl sites for hydroxylation is 1. The molecular formula is C13H17NO. The summed E-state index contributed by atoms with van der Waals surface area (Å²) in [6.07, 6.45) is 3.54. The van der Waals surface area contributed by atoms with Crippen LogP contribution < -0.4 is 4.74 Å². The van der Waals surface area contributed by atoms with Crippen LogP contribution in [-0.4, -0.2) is 6.61 Å². The molecule has 0 unspecified atom stereocenters. The molecule has 0 atom stereocenters. The highest BCUT2D eigenvalue weighted by molar-refractivity contribution is 5.33. The third kappa shape index (κ3) is 4.03. The van der Waals surface area contributed by atoms with Gasteiger partial charge in [-0.25, -0.2) is 0 Å². The molecule has 1 aromatic rings. The Labute approximate surface area is 91.5 Å². The Bertz CT molecular complexity index is 328. The van der Waals surface area contributed by atoms with Crippen molar-refractivity contribution in [2.24, 2.45) is 0 Å². The van der Waals surface area contributed by atoms with Crippen molar-refractivity contribution >= 4 is 0 Å². The van der Waals surface area contributed by atoms with Gasteiger partial charge in [0, 0.05) is 6.42 Å². The molecule has 0 fully saturated rings. The van der Waals surface area contributed by atoms with Gasteiger partial charge < -0.3 is 4.74 Å². The number of benzene rings is 1. The lowest BCUT2D eigenvalue weighted by Crippen LogP contribution is -1.99. The van der Waals surface area contributed by atoms with E-state index in [4.69, 9.17) is 10.00 Å². The third-order valence-electron chi connectivity index (χ3n) is 2.23. The summed E-state index contributed by atoms with van der Waals surface area (Å²) < 4.78 is 5.67. The van der Waals surface area contributed by atoms with Crippen molar-refractivity contribution < 1.29 is 4.74 Å². The average Bonchev–Trinajstić information content (AvgIpc) is 2.28. The monoisotopic (exact) mass is 203 g/mol. The van der Waals surface area contributed by atoms with Gasteiger partial charge in [0.1, 0.15) is 5.75 Å². The highest BCUT2D eigenvalue weighted by atomic mass is 16.5. The number of nitriles is 1. The molecular weight excluding hydrogens is 186 g/mol. The Balaban J connectivity index is 2.56. The molecule has 0 bridgehead atoms. The maximum Gasteiger partial charge on any atom is 0.122 e. The van der Waals surface area contributed by atoms with E-state index in [1.807, 2.05) is 24.3 Å². The maximum absolute atomic E-state index is 8.54. The first kappa shape index (κ1) is 11.6. The topological polar surface area (TPSA) is 33.0 Å². The summed E-state index contributed by atoms with van der Waals surface area (Å²) in [5.74, 6) is 0.932. The second-order valence-corrected chi connectivity index (χ2v) is 3.47. The van der Waals surface area contributed by atoms with E-state index in [1.165, 1.54) is 0 Å². The fourth-order valence-corrected chi connectivity index (χ4v) is 1.37. The lowest BCUT2D eigenvalue weighted by atomic mass is 10.1. The lowest BCUT2D eigenvalue weighted by Gasteiger charge is -2.09. The Hall–Kier alpha value is -1.49. The predicted octanol–water partition coefficient (Wildman–Crippen LogP) is 3.32. The van der Waals surface area contributed by atoms with Crippen LogP contribution in [0.5, 0.6) is 5.75 Å². The quantitative estimate of drug-likeness (QED) is 0.664. The Kier molecular flexibility index (Phi) is 5.32. The van der Waals surface area contributed by atoms with E-state index in [0.29, 0.717) is 6.42 Å². The molecule has 0 aliphatic rings. The molecule has 2 nitrogen and oxygen atoms in total. The number of nitrogens with zero attached hydrogens (tertiary/aromatic N) is 1. The van der Waals surface area contributed by atoms with E-state index in [2.05, 4.69) is 13.0 Å². The van der Waals surface area contributed by atoms with Gasteiger partial charge in [-0.2, -0.15) is 5.26 Å². The summed E-state index contributed by atoms with van der Waals surface area (Å²) >= 11 is 0. The number of ether oxygens (including phenoxy) is 1. The van der Waals surface area contributed by atoms with Crippen molar-refractivity contribution in [2.45, 2.75) is 32.6 Å². The zero-order valence-corrected chi connectivity index (χ0v) is 9.20. The smallest absolute Gasteiger partial charge is 0.122 e. The molecule has 0 aliphatic heterocycles. The van der Waals surface area contributed by atoms with Crippen LogP contribution in [0.3, 0.4) is 0 Å². The van der Waals surface area contributed by atoms with Crippen molar-refractivity contribution in [3.05, 3.63) is 29.8 Å². The third-order valence-corrected chi connectivity index (χ3v) is 2.23. The normalized spacial score (nSPS) is 9.60. The van der Waals surface area contributed by atoms with Crippen LogP contribution in [0.15, 0.2) is 24.3 Å². The van der Waals surface area contributed by atoms with Gasteiger partial charge in [-0.1, -0.05) is 31.5 Å². The fourth-order valence-electron chi connectivity index (χ4n) is 1.37. The van der Waals surface area contributed by atoms with E-state index < -0.39 is 0 Å². The van der Waals surface area contributed by atoms with Crippen molar-refractivity contribution in [3.8, 4) is 11.8 Å². The molecule has 0 heterocycles. The second kappa shape index (κ2) is 6.89. The van der Waals surface area contributed by atoms with E-state index in [9.17, 15) is 0 Å². The van der Waals surface area contributed by atoms with Gasteiger partial charge >= 0.3 is 0 Å². The van der Waals surface area contributed by atoms with Gasteiger partial charge in [-0.05, 0) is 24.5 Å². The number of para-hydroxylation sites is 1. The highest BCUT2D eigenvalue weighted by Crippen LogP contribution is 2.19. The van der Waals surface area contributed by atoms with Crippen LogP contribution in [0.1, 0.15) is 31.7 Å². The van der Waals surface area contributed by atoms with Crippen molar-refractivity contribution in [1.29, 1.82) is 5.26 Å². The molecule has 0 saturated heterocycles. The first-order valence-electron chi connectivity index (χ1n) is 5.46. The predicted molar refractivity (Wildman–Crippen MR) is 60.8 cm³/mol. The molecule has 2 heteroatoms. The lowest BCUT2D eigenvalue weighted by molar-refractivity contribution is 0.306. The largest absolute Gasteiger partial charge is 0.493 e. The van der Waals surface area contributed by atoms with E-state index in [-0.39, 0.29) is 0 Å². The Morgan fingerprint density at radius 1 is 1.33 bits per heavy atom. The second-order valence-electron chi connectivity index (χ2n) is 3.47. The van der Waals surface area contributed by atoms with E-state index >= 15 is 0 Å². The van der Waals surface area contributed by atoms with Crippen LogP contribution in [-0.2, 0) is 6.42 Å². The van der Waals surface area contributed by atoms with Crippen molar-refractivity contribution in [2.75, 3.05) is 6.61 Å². The molecule has 0 aromatic heterocycles. The minimum Gasteiger partial charge on any atom is -0.493 e. The first-order valence-corrected chi connectivity index (χ1v) is 5.46. The molecule has 0 amide bonds. The summed E-state index contributed by atoms with van der Waals surface area (Å²) in [5.41, 5.74) is 1.13.